The predicted molar refractivity (Wildman–Crippen MR) is 233 cm³/mol. The van der Waals surface area contributed by atoms with Crippen LogP contribution in [0.1, 0.15) is 309 Å². The van der Waals surface area contributed by atoms with Crippen LogP contribution in [-0.2, 0) is 0 Å². The molecule has 0 heterocycles. The van der Waals surface area contributed by atoms with E-state index in [0.717, 1.165) is 0 Å². The van der Waals surface area contributed by atoms with Crippen molar-refractivity contribution in [3.05, 3.63) is 12.7 Å². The van der Waals surface area contributed by atoms with E-state index in [1.54, 1.807) is 0 Å². The molecule has 0 heteroatoms. The van der Waals surface area contributed by atoms with Gasteiger partial charge >= 0.3 is 0 Å². The SMILES string of the molecule is C=CCCCCCCCCCCCCCCCCCCCCCCCCCCCCCCCCCCCCCCCCCCCCCCCC. The van der Waals surface area contributed by atoms with Crippen molar-refractivity contribution in [1.29, 1.82) is 0 Å². The zero-order chi connectivity index (χ0) is 35.9. The van der Waals surface area contributed by atoms with Gasteiger partial charge in [0.15, 0.2) is 0 Å². The first-order chi connectivity index (χ1) is 24.9. The van der Waals surface area contributed by atoms with Gasteiger partial charge in [0, 0.05) is 0 Å². The maximum atomic E-state index is 3.81. The third kappa shape index (κ3) is 47.7. The minimum absolute atomic E-state index is 1.21. The monoisotopic (exact) mass is 701 g/mol. The Labute approximate surface area is 320 Å². The van der Waals surface area contributed by atoms with Gasteiger partial charge in [-0.2, -0.15) is 0 Å². The molecule has 0 saturated heterocycles. The average molecular weight is 701 g/mol. The normalized spacial score (nSPS) is 11.5. The van der Waals surface area contributed by atoms with Gasteiger partial charge in [0.1, 0.15) is 0 Å². The Morgan fingerprint density at radius 1 is 0.200 bits per heavy atom. The summed E-state index contributed by atoms with van der Waals surface area (Å²) in [5.41, 5.74) is 0. The molecule has 0 atom stereocenters. The molecule has 0 N–H and O–H groups in total. The molecule has 0 saturated carbocycles. The van der Waals surface area contributed by atoms with Crippen LogP contribution >= 0.6 is 0 Å². The minimum Gasteiger partial charge on any atom is -0.103 e. The number of unbranched alkanes of at least 4 members (excludes halogenated alkanes) is 46. The molecule has 0 aromatic carbocycles. The zero-order valence-electron chi connectivity index (χ0n) is 35.5. The van der Waals surface area contributed by atoms with Crippen molar-refractivity contribution in [1.82, 2.24) is 0 Å². The van der Waals surface area contributed by atoms with Crippen molar-refractivity contribution < 1.29 is 0 Å². The first-order valence-corrected chi connectivity index (χ1v) is 24.5. The van der Waals surface area contributed by atoms with Crippen molar-refractivity contribution in [3.8, 4) is 0 Å². The largest absolute Gasteiger partial charge is 0.103 e. The molecular formula is C50H100. The average Bonchev–Trinajstić information content (AvgIpc) is 3.13. The Morgan fingerprint density at radius 2 is 0.320 bits per heavy atom. The molecule has 50 heavy (non-hydrogen) atoms. The second kappa shape index (κ2) is 48.7. The van der Waals surface area contributed by atoms with Gasteiger partial charge in [-0.1, -0.05) is 302 Å². The van der Waals surface area contributed by atoms with Crippen molar-refractivity contribution >= 4 is 0 Å². The van der Waals surface area contributed by atoms with E-state index in [4.69, 9.17) is 0 Å². The lowest BCUT2D eigenvalue weighted by Gasteiger charge is -2.05. The molecule has 0 radical (unpaired) electrons. The Hall–Kier alpha value is -0.260. The van der Waals surface area contributed by atoms with Crippen LogP contribution in [0.5, 0.6) is 0 Å². The van der Waals surface area contributed by atoms with Gasteiger partial charge in [-0.15, -0.1) is 6.58 Å². The van der Waals surface area contributed by atoms with E-state index in [2.05, 4.69) is 19.6 Å². The lowest BCUT2D eigenvalue weighted by molar-refractivity contribution is 0.508. The van der Waals surface area contributed by atoms with Crippen molar-refractivity contribution in [2.45, 2.75) is 309 Å². The molecule has 0 bridgehead atoms. The second-order valence-corrected chi connectivity index (χ2v) is 17.0. The molecule has 0 amide bonds. The van der Waals surface area contributed by atoms with E-state index in [1.807, 2.05) is 0 Å². The first-order valence-electron chi connectivity index (χ1n) is 24.5. The van der Waals surface area contributed by atoms with Gasteiger partial charge in [-0.3, -0.25) is 0 Å². The maximum Gasteiger partial charge on any atom is -0.0353 e. The molecule has 0 aliphatic carbocycles. The smallest absolute Gasteiger partial charge is 0.0353 e. The van der Waals surface area contributed by atoms with Gasteiger partial charge in [-0.25, -0.2) is 0 Å². The van der Waals surface area contributed by atoms with Crippen LogP contribution in [0.4, 0.5) is 0 Å². The molecule has 0 spiro atoms. The Balaban J connectivity index is 3.04. The van der Waals surface area contributed by atoms with Crippen LogP contribution in [-0.4, -0.2) is 0 Å². The Kier molecular flexibility index (Phi) is 48.5. The molecule has 0 aromatic rings. The highest BCUT2D eigenvalue weighted by Gasteiger charge is 1.98. The van der Waals surface area contributed by atoms with E-state index in [1.165, 1.54) is 302 Å². The molecular weight excluding hydrogens is 601 g/mol. The standard InChI is InChI=1S/C50H100/c1-3-5-7-9-11-13-15-17-19-21-23-25-27-29-31-33-35-37-39-41-43-45-47-49-50-48-46-44-42-40-38-36-34-32-30-28-26-24-22-20-18-16-14-12-10-8-6-4-2/h3H,1,4-50H2,2H3. The summed E-state index contributed by atoms with van der Waals surface area (Å²) in [5, 5.41) is 0. The van der Waals surface area contributed by atoms with E-state index in [9.17, 15) is 0 Å². The number of rotatable bonds is 47. The molecule has 0 aromatic heterocycles. The molecule has 0 aliphatic heterocycles. The van der Waals surface area contributed by atoms with Gasteiger partial charge in [-0.05, 0) is 12.8 Å². The topological polar surface area (TPSA) is 0 Å². The molecule has 0 nitrogen and oxygen atoms in total. The summed E-state index contributed by atoms with van der Waals surface area (Å²) >= 11 is 0. The summed E-state index contributed by atoms with van der Waals surface area (Å²) in [6, 6.07) is 0. The fourth-order valence-electron chi connectivity index (χ4n) is 8.14. The number of hydrogen-bond donors (Lipinski definition) is 0. The number of allylic oxidation sites excluding steroid dienone is 1. The molecule has 300 valence electrons. The minimum atomic E-state index is 1.21. The van der Waals surface area contributed by atoms with E-state index in [-0.39, 0.29) is 0 Å². The molecule has 0 fully saturated rings. The van der Waals surface area contributed by atoms with Crippen LogP contribution < -0.4 is 0 Å². The summed E-state index contributed by atoms with van der Waals surface area (Å²) in [7, 11) is 0. The maximum absolute atomic E-state index is 3.81. The van der Waals surface area contributed by atoms with E-state index >= 15 is 0 Å². The van der Waals surface area contributed by atoms with E-state index < -0.39 is 0 Å². The van der Waals surface area contributed by atoms with Gasteiger partial charge in [0.2, 0.25) is 0 Å². The molecule has 0 rings (SSSR count). The summed E-state index contributed by atoms with van der Waals surface area (Å²) in [5.74, 6) is 0. The van der Waals surface area contributed by atoms with Crippen molar-refractivity contribution in [3.63, 3.8) is 0 Å². The third-order valence-corrected chi connectivity index (χ3v) is 11.8. The molecule has 0 aliphatic rings. The third-order valence-electron chi connectivity index (χ3n) is 11.8. The quantitative estimate of drug-likeness (QED) is 0.0438. The fourth-order valence-corrected chi connectivity index (χ4v) is 8.14. The highest BCUT2D eigenvalue weighted by molar-refractivity contribution is 4.65. The fraction of sp³-hybridized carbons (Fsp3) is 0.960. The highest BCUT2D eigenvalue weighted by atomic mass is 14.0. The lowest BCUT2D eigenvalue weighted by atomic mass is 10.0. The van der Waals surface area contributed by atoms with Crippen LogP contribution in [0.15, 0.2) is 12.7 Å². The van der Waals surface area contributed by atoms with Gasteiger partial charge in [0.05, 0.1) is 0 Å². The predicted octanol–water partition coefficient (Wildman–Crippen LogP) is 19.5. The van der Waals surface area contributed by atoms with Crippen LogP contribution in [0.3, 0.4) is 0 Å². The van der Waals surface area contributed by atoms with Crippen molar-refractivity contribution in [2.24, 2.45) is 0 Å². The summed E-state index contributed by atoms with van der Waals surface area (Å²) in [6.45, 7) is 6.12. The van der Waals surface area contributed by atoms with Gasteiger partial charge < -0.3 is 0 Å². The molecule has 0 unspecified atom stereocenters. The van der Waals surface area contributed by atoms with Crippen LogP contribution in [0.25, 0.3) is 0 Å². The number of hydrogen-bond acceptors (Lipinski definition) is 0. The van der Waals surface area contributed by atoms with Crippen LogP contribution in [0.2, 0.25) is 0 Å². The van der Waals surface area contributed by atoms with E-state index in [0.29, 0.717) is 0 Å². The summed E-state index contributed by atoms with van der Waals surface area (Å²) in [6.07, 6.45) is 71.4. The zero-order valence-corrected chi connectivity index (χ0v) is 35.5. The Bertz CT molecular complexity index is 562. The van der Waals surface area contributed by atoms with Crippen molar-refractivity contribution in [2.75, 3.05) is 0 Å². The Morgan fingerprint density at radius 3 is 0.440 bits per heavy atom. The second-order valence-electron chi connectivity index (χ2n) is 17.0. The summed E-state index contributed by atoms with van der Waals surface area (Å²) in [4.78, 5) is 0. The van der Waals surface area contributed by atoms with Crippen LogP contribution in [0, 0.1) is 0 Å². The summed E-state index contributed by atoms with van der Waals surface area (Å²) < 4.78 is 0. The highest BCUT2D eigenvalue weighted by Crippen LogP contribution is 2.18. The van der Waals surface area contributed by atoms with Gasteiger partial charge in [0.25, 0.3) is 0 Å². The lowest BCUT2D eigenvalue weighted by Crippen LogP contribution is -1.85. The first kappa shape index (κ1) is 49.7.